The summed E-state index contributed by atoms with van der Waals surface area (Å²) in [4.78, 5) is 0. The molecular formula is C9H14O2. The van der Waals surface area contributed by atoms with Gasteiger partial charge in [0.1, 0.15) is 0 Å². The molecule has 62 valence electrons. The van der Waals surface area contributed by atoms with Crippen molar-refractivity contribution in [2.45, 2.75) is 49.9 Å². The van der Waals surface area contributed by atoms with E-state index >= 15 is 0 Å². The smallest absolute Gasteiger partial charge is 0.0699 e. The van der Waals surface area contributed by atoms with Crippen molar-refractivity contribution in [1.82, 2.24) is 0 Å². The summed E-state index contributed by atoms with van der Waals surface area (Å²) >= 11 is 0. The van der Waals surface area contributed by atoms with E-state index < -0.39 is 0 Å². The second kappa shape index (κ2) is 1.80. The molecule has 2 heterocycles. The zero-order chi connectivity index (χ0) is 7.47. The number of rotatable bonds is 0. The Morgan fingerprint density at radius 3 is 2.18 bits per heavy atom. The van der Waals surface area contributed by atoms with Gasteiger partial charge in [0.25, 0.3) is 0 Å². The molecule has 1 N–H and O–H groups in total. The molecule has 4 rings (SSSR count). The maximum Gasteiger partial charge on any atom is 0.0699 e. The topological polar surface area (TPSA) is 29.5 Å². The van der Waals surface area contributed by atoms with Crippen molar-refractivity contribution in [1.29, 1.82) is 0 Å². The van der Waals surface area contributed by atoms with Crippen LogP contribution in [-0.2, 0) is 4.74 Å². The third kappa shape index (κ3) is 0.859. The van der Waals surface area contributed by atoms with E-state index in [9.17, 15) is 5.11 Å². The van der Waals surface area contributed by atoms with Gasteiger partial charge in [-0.15, -0.1) is 0 Å². The SMILES string of the molecule is OC12CC3C[C@H](C1)O[C@@H](C3)C2. The minimum absolute atomic E-state index is 0.325. The van der Waals surface area contributed by atoms with Crippen molar-refractivity contribution < 1.29 is 9.84 Å². The van der Waals surface area contributed by atoms with Crippen LogP contribution in [0.4, 0.5) is 0 Å². The van der Waals surface area contributed by atoms with Gasteiger partial charge >= 0.3 is 0 Å². The molecule has 4 fully saturated rings. The van der Waals surface area contributed by atoms with Crippen LogP contribution < -0.4 is 0 Å². The highest BCUT2D eigenvalue weighted by molar-refractivity contribution is 5.01. The highest BCUT2D eigenvalue weighted by Crippen LogP contribution is 2.49. The first-order valence-corrected chi connectivity index (χ1v) is 4.61. The van der Waals surface area contributed by atoms with Gasteiger partial charge in [-0.1, -0.05) is 0 Å². The fourth-order valence-corrected chi connectivity index (χ4v) is 3.29. The Balaban J connectivity index is 1.94. The summed E-state index contributed by atoms with van der Waals surface area (Å²) in [6.45, 7) is 0. The van der Waals surface area contributed by atoms with Crippen LogP contribution in [0.25, 0.3) is 0 Å². The minimum Gasteiger partial charge on any atom is -0.390 e. The predicted molar refractivity (Wildman–Crippen MR) is 40.2 cm³/mol. The summed E-state index contributed by atoms with van der Waals surface area (Å²) in [7, 11) is 0. The maximum atomic E-state index is 10.0. The van der Waals surface area contributed by atoms with Crippen molar-refractivity contribution in [3.05, 3.63) is 0 Å². The molecule has 2 saturated carbocycles. The largest absolute Gasteiger partial charge is 0.390 e. The van der Waals surface area contributed by atoms with Crippen molar-refractivity contribution in [2.75, 3.05) is 0 Å². The van der Waals surface area contributed by atoms with Crippen molar-refractivity contribution in [3.63, 3.8) is 0 Å². The molecule has 0 spiro atoms. The van der Waals surface area contributed by atoms with E-state index in [1.54, 1.807) is 0 Å². The fourth-order valence-electron chi connectivity index (χ4n) is 3.29. The van der Waals surface area contributed by atoms with E-state index in [4.69, 9.17) is 4.74 Å². The van der Waals surface area contributed by atoms with Crippen LogP contribution in [0.1, 0.15) is 32.1 Å². The van der Waals surface area contributed by atoms with E-state index in [0.29, 0.717) is 12.2 Å². The number of hydrogen-bond acceptors (Lipinski definition) is 2. The molecule has 0 amide bonds. The Bertz CT molecular complexity index is 153. The van der Waals surface area contributed by atoms with E-state index in [-0.39, 0.29) is 5.60 Å². The van der Waals surface area contributed by atoms with Gasteiger partial charge in [0.05, 0.1) is 17.8 Å². The lowest BCUT2D eigenvalue weighted by Gasteiger charge is -2.53. The molecule has 2 heteroatoms. The van der Waals surface area contributed by atoms with Crippen LogP contribution in [0.2, 0.25) is 0 Å². The Labute approximate surface area is 66.5 Å². The van der Waals surface area contributed by atoms with Crippen molar-refractivity contribution in [2.24, 2.45) is 5.92 Å². The van der Waals surface area contributed by atoms with Gasteiger partial charge in [-0.3, -0.25) is 0 Å². The molecule has 0 aromatic carbocycles. The third-order valence-corrected chi connectivity index (χ3v) is 3.46. The summed E-state index contributed by atoms with van der Waals surface area (Å²) in [6, 6.07) is 0. The summed E-state index contributed by atoms with van der Waals surface area (Å²) < 4.78 is 5.73. The first-order valence-electron chi connectivity index (χ1n) is 4.61. The summed E-state index contributed by atoms with van der Waals surface area (Å²) in [5.74, 6) is 0.770. The maximum absolute atomic E-state index is 10.0. The van der Waals surface area contributed by atoms with Gasteiger partial charge < -0.3 is 9.84 Å². The molecule has 4 atom stereocenters. The minimum atomic E-state index is -0.325. The Kier molecular flexibility index (Phi) is 1.06. The van der Waals surface area contributed by atoms with Crippen LogP contribution in [0.3, 0.4) is 0 Å². The molecule has 0 aromatic heterocycles. The zero-order valence-corrected chi connectivity index (χ0v) is 6.62. The summed E-state index contributed by atoms with van der Waals surface area (Å²) in [6.07, 6.45) is 6.05. The van der Waals surface area contributed by atoms with Crippen LogP contribution in [0.15, 0.2) is 0 Å². The normalized spacial score (nSPS) is 60.3. The Morgan fingerprint density at radius 1 is 1.09 bits per heavy atom. The van der Waals surface area contributed by atoms with Gasteiger partial charge in [-0.05, 0) is 25.2 Å². The van der Waals surface area contributed by atoms with E-state index in [2.05, 4.69) is 0 Å². The van der Waals surface area contributed by atoms with Crippen LogP contribution >= 0.6 is 0 Å². The van der Waals surface area contributed by atoms with Crippen LogP contribution in [-0.4, -0.2) is 22.9 Å². The van der Waals surface area contributed by atoms with Gasteiger partial charge in [-0.2, -0.15) is 0 Å². The Morgan fingerprint density at radius 2 is 1.73 bits per heavy atom. The molecule has 4 bridgehead atoms. The lowest BCUT2D eigenvalue weighted by atomic mass is 9.65. The quantitative estimate of drug-likeness (QED) is 0.565. The molecule has 2 unspecified atom stereocenters. The average Bonchev–Trinajstić information content (AvgIpc) is 1.79. The van der Waals surface area contributed by atoms with E-state index in [0.717, 1.165) is 25.2 Å². The predicted octanol–water partition coefficient (Wildman–Crippen LogP) is 1.08. The zero-order valence-electron chi connectivity index (χ0n) is 6.62. The molecule has 4 aliphatic rings. The molecule has 0 radical (unpaired) electrons. The number of hydrogen-bond donors (Lipinski definition) is 1. The van der Waals surface area contributed by atoms with E-state index in [1.807, 2.05) is 0 Å². The van der Waals surface area contributed by atoms with Crippen LogP contribution in [0, 0.1) is 5.92 Å². The van der Waals surface area contributed by atoms with Gasteiger partial charge in [0.2, 0.25) is 0 Å². The number of ether oxygens (including phenoxy) is 1. The second-order valence-electron chi connectivity index (χ2n) is 4.55. The third-order valence-electron chi connectivity index (χ3n) is 3.46. The van der Waals surface area contributed by atoms with Crippen LogP contribution in [0.5, 0.6) is 0 Å². The lowest BCUT2D eigenvalue weighted by Crippen LogP contribution is -2.55. The summed E-state index contributed by atoms with van der Waals surface area (Å²) in [5.41, 5.74) is -0.325. The first-order chi connectivity index (χ1) is 5.23. The van der Waals surface area contributed by atoms with Crippen molar-refractivity contribution in [3.8, 4) is 0 Å². The molecule has 2 nitrogen and oxygen atoms in total. The molecule has 11 heavy (non-hydrogen) atoms. The standard InChI is InChI=1S/C9H14O2/c10-9-3-6-1-7(4-9)11-8(2-6)5-9/h6-8,10H,1-5H2/t6?,7-,8+,9?. The molecule has 2 aliphatic heterocycles. The second-order valence-corrected chi connectivity index (χ2v) is 4.55. The number of aliphatic hydroxyl groups is 1. The van der Waals surface area contributed by atoms with Gasteiger partial charge in [0, 0.05) is 12.8 Å². The van der Waals surface area contributed by atoms with Gasteiger partial charge in [-0.25, -0.2) is 0 Å². The van der Waals surface area contributed by atoms with Crippen molar-refractivity contribution >= 4 is 0 Å². The molecule has 2 saturated heterocycles. The fraction of sp³-hybridized carbons (Fsp3) is 1.00. The molecule has 2 aliphatic carbocycles. The molecule has 0 aromatic rings. The average molecular weight is 154 g/mol. The molecular weight excluding hydrogens is 140 g/mol. The first kappa shape index (κ1) is 6.44. The van der Waals surface area contributed by atoms with E-state index in [1.165, 1.54) is 12.8 Å². The highest BCUT2D eigenvalue weighted by atomic mass is 16.5. The summed E-state index contributed by atoms with van der Waals surface area (Å²) in [5, 5.41) is 10.0. The lowest BCUT2D eigenvalue weighted by molar-refractivity contribution is -0.219. The Hall–Kier alpha value is -0.0800. The highest BCUT2D eigenvalue weighted by Gasteiger charge is 2.50. The monoisotopic (exact) mass is 154 g/mol. The van der Waals surface area contributed by atoms with Gasteiger partial charge in [0.15, 0.2) is 0 Å².